The van der Waals surface area contributed by atoms with Crippen molar-refractivity contribution < 1.29 is 0 Å². The minimum atomic E-state index is 0.494. The Bertz CT molecular complexity index is 265. The number of hydrogen-bond acceptors (Lipinski definition) is 3. The molecule has 0 aliphatic rings. The summed E-state index contributed by atoms with van der Waals surface area (Å²) in [7, 11) is 2.01. The first-order chi connectivity index (χ1) is 6.24. The third-order valence-corrected chi connectivity index (χ3v) is 2.06. The van der Waals surface area contributed by atoms with Crippen LogP contribution >= 0.6 is 11.6 Å². The summed E-state index contributed by atoms with van der Waals surface area (Å²) in [4.78, 5) is 10.0. The molecule has 72 valence electrons. The van der Waals surface area contributed by atoms with Crippen LogP contribution in [0.5, 0.6) is 0 Å². The first kappa shape index (κ1) is 10.3. The number of nitrogens with zero attached hydrogens (tertiary/aromatic N) is 3. The van der Waals surface area contributed by atoms with Gasteiger partial charge in [0.05, 0.1) is 0 Å². The van der Waals surface area contributed by atoms with Crippen LogP contribution < -0.4 is 4.90 Å². The van der Waals surface area contributed by atoms with Gasteiger partial charge < -0.3 is 4.90 Å². The second-order valence-electron chi connectivity index (χ2n) is 2.97. The van der Waals surface area contributed by atoms with Gasteiger partial charge >= 0.3 is 0 Å². The zero-order valence-electron chi connectivity index (χ0n) is 8.00. The predicted molar refractivity (Wildman–Crippen MR) is 55.2 cm³/mol. The van der Waals surface area contributed by atoms with Crippen LogP contribution in [0.25, 0.3) is 0 Å². The molecule has 0 saturated heterocycles. The Hall–Kier alpha value is -0.830. The van der Waals surface area contributed by atoms with E-state index in [1.165, 1.54) is 12.7 Å². The Morgan fingerprint density at radius 2 is 2.23 bits per heavy atom. The second-order valence-corrected chi connectivity index (χ2v) is 3.36. The summed E-state index contributed by atoms with van der Waals surface area (Å²) in [5, 5.41) is 0.494. The van der Waals surface area contributed by atoms with Crippen LogP contribution in [-0.4, -0.2) is 23.6 Å². The molecule has 0 saturated carbocycles. The van der Waals surface area contributed by atoms with Crippen molar-refractivity contribution in [2.75, 3.05) is 18.5 Å². The van der Waals surface area contributed by atoms with Gasteiger partial charge in [0.15, 0.2) is 0 Å². The maximum atomic E-state index is 5.75. The van der Waals surface area contributed by atoms with E-state index >= 15 is 0 Å². The average Bonchev–Trinajstić information content (AvgIpc) is 2.14. The minimum Gasteiger partial charge on any atom is -0.360 e. The number of aromatic nitrogens is 2. The summed E-state index contributed by atoms with van der Waals surface area (Å²) in [5.74, 6) is 0.883. The lowest BCUT2D eigenvalue weighted by Crippen LogP contribution is -2.19. The smallest absolute Gasteiger partial charge is 0.134 e. The first-order valence-electron chi connectivity index (χ1n) is 4.42. The number of anilines is 1. The molecule has 0 aliphatic heterocycles. The zero-order chi connectivity index (χ0) is 9.68. The van der Waals surface area contributed by atoms with Crippen LogP contribution in [0.15, 0.2) is 12.4 Å². The normalized spacial score (nSPS) is 10.1. The van der Waals surface area contributed by atoms with Gasteiger partial charge in [0, 0.05) is 19.7 Å². The summed E-state index contributed by atoms with van der Waals surface area (Å²) in [5.41, 5.74) is 0. The average molecular weight is 200 g/mol. The third kappa shape index (κ3) is 3.19. The fraction of sp³-hybridized carbons (Fsp3) is 0.556. The van der Waals surface area contributed by atoms with E-state index in [-0.39, 0.29) is 0 Å². The van der Waals surface area contributed by atoms with Gasteiger partial charge in [-0.1, -0.05) is 24.9 Å². The maximum absolute atomic E-state index is 5.75. The fourth-order valence-electron chi connectivity index (χ4n) is 1.04. The fourth-order valence-corrected chi connectivity index (χ4v) is 1.18. The van der Waals surface area contributed by atoms with Crippen molar-refractivity contribution in [1.82, 2.24) is 9.97 Å². The standard InChI is InChI=1S/C9H14ClN3/c1-3-4-5-13(2)9-6-8(10)11-7-12-9/h6-7H,3-5H2,1-2H3. The lowest BCUT2D eigenvalue weighted by Gasteiger charge is -2.16. The quantitative estimate of drug-likeness (QED) is 0.698. The topological polar surface area (TPSA) is 29.0 Å². The molecular weight excluding hydrogens is 186 g/mol. The van der Waals surface area contributed by atoms with Crippen LogP contribution in [0.4, 0.5) is 5.82 Å². The summed E-state index contributed by atoms with van der Waals surface area (Å²) in [6.07, 6.45) is 3.83. The van der Waals surface area contributed by atoms with E-state index in [2.05, 4.69) is 21.8 Å². The minimum absolute atomic E-state index is 0.494. The molecule has 13 heavy (non-hydrogen) atoms. The predicted octanol–water partition coefficient (Wildman–Crippen LogP) is 2.37. The number of rotatable bonds is 4. The van der Waals surface area contributed by atoms with Crippen molar-refractivity contribution in [2.45, 2.75) is 19.8 Å². The van der Waals surface area contributed by atoms with Crippen molar-refractivity contribution >= 4 is 17.4 Å². The van der Waals surface area contributed by atoms with Crippen LogP contribution in [0.3, 0.4) is 0 Å². The maximum Gasteiger partial charge on any atom is 0.134 e. The Kier molecular flexibility index (Phi) is 3.96. The van der Waals surface area contributed by atoms with Gasteiger partial charge in [0.2, 0.25) is 0 Å². The highest BCUT2D eigenvalue weighted by Crippen LogP contribution is 2.12. The Morgan fingerprint density at radius 3 is 2.85 bits per heavy atom. The van der Waals surface area contributed by atoms with Gasteiger partial charge in [-0.15, -0.1) is 0 Å². The Balaban J connectivity index is 2.60. The van der Waals surface area contributed by atoms with E-state index in [0.29, 0.717) is 5.15 Å². The molecule has 0 fully saturated rings. The molecule has 1 rings (SSSR count). The van der Waals surface area contributed by atoms with Gasteiger partial charge in [-0.2, -0.15) is 0 Å². The zero-order valence-corrected chi connectivity index (χ0v) is 8.75. The summed E-state index contributed by atoms with van der Waals surface area (Å²) in [6, 6.07) is 1.78. The van der Waals surface area contributed by atoms with Gasteiger partial charge in [-0.25, -0.2) is 9.97 Å². The molecule has 1 heterocycles. The number of hydrogen-bond donors (Lipinski definition) is 0. The van der Waals surface area contributed by atoms with E-state index in [1.54, 1.807) is 6.07 Å². The molecule has 0 aliphatic carbocycles. The van der Waals surface area contributed by atoms with Gasteiger partial charge in [0.25, 0.3) is 0 Å². The highest BCUT2D eigenvalue weighted by Gasteiger charge is 2.01. The molecule has 0 unspecified atom stereocenters. The Labute approximate surface area is 83.8 Å². The molecule has 4 heteroatoms. The highest BCUT2D eigenvalue weighted by atomic mass is 35.5. The molecule has 1 aromatic rings. The second kappa shape index (κ2) is 5.02. The summed E-state index contributed by atoms with van der Waals surface area (Å²) >= 11 is 5.75. The van der Waals surface area contributed by atoms with E-state index < -0.39 is 0 Å². The van der Waals surface area contributed by atoms with Gasteiger partial charge in [-0.05, 0) is 6.42 Å². The third-order valence-electron chi connectivity index (χ3n) is 1.86. The van der Waals surface area contributed by atoms with E-state index in [0.717, 1.165) is 18.8 Å². The highest BCUT2D eigenvalue weighted by molar-refractivity contribution is 6.29. The van der Waals surface area contributed by atoms with Crippen molar-refractivity contribution in [3.63, 3.8) is 0 Å². The van der Waals surface area contributed by atoms with Crippen LogP contribution in [0.1, 0.15) is 19.8 Å². The first-order valence-corrected chi connectivity index (χ1v) is 4.80. The molecule has 0 atom stereocenters. The number of halogens is 1. The SMILES string of the molecule is CCCCN(C)c1cc(Cl)ncn1. The molecule has 1 aromatic heterocycles. The van der Waals surface area contributed by atoms with E-state index in [9.17, 15) is 0 Å². The molecule has 0 aromatic carbocycles. The van der Waals surface area contributed by atoms with Crippen LogP contribution in [-0.2, 0) is 0 Å². The van der Waals surface area contributed by atoms with Gasteiger partial charge in [-0.3, -0.25) is 0 Å². The Morgan fingerprint density at radius 1 is 1.46 bits per heavy atom. The van der Waals surface area contributed by atoms with E-state index in [4.69, 9.17) is 11.6 Å². The van der Waals surface area contributed by atoms with Crippen LogP contribution in [0.2, 0.25) is 5.15 Å². The molecule has 0 N–H and O–H groups in total. The molecule has 0 bridgehead atoms. The molecule has 0 radical (unpaired) electrons. The molecule has 0 spiro atoms. The summed E-state index contributed by atoms with van der Waals surface area (Å²) in [6.45, 7) is 3.17. The van der Waals surface area contributed by atoms with Gasteiger partial charge in [0.1, 0.15) is 17.3 Å². The van der Waals surface area contributed by atoms with Crippen LogP contribution in [0, 0.1) is 0 Å². The monoisotopic (exact) mass is 199 g/mol. The lowest BCUT2D eigenvalue weighted by atomic mass is 10.3. The number of unbranched alkanes of at least 4 members (excludes halogenated alkanes) is 1. The molecule has 3 nitrogen and oxygen atoms in total. The summed E-state index contributed by atoms with van der Waals surface area (Å²) < 4.78 is 0. The molecule has 0 amide bonds. The van der Waals surface area contributed by atoms with E-state index in [1.807, 2.05) is 7.05 Å². The van der Waals surface area contributed by atoms with Crippen molar-refractivity contribution in [3.05, 3.63) is 17.5 Å². The van der Waals surface area contributed by atoms with Crippen molar-refractivity contribution in [3.8, 4) is 0 Å². The largest absolute Gasteiger partial charge is 0.360 e. The van der Waals surface area contributed by atoms with Crippen molar-refractivity contribution in [2.24, 2.45) is 0 Å². The van der Waals surface area contributed by atoms with Crippen molar-refractivity contribution in [1.29, 1.82) is 0 Å². The lowest BCUT2D eigenvalue weighted by molar-refractivity contribution is 0.758. The molecular formula is C9H14ClN3.